The molecule has 0 aliphatic rings. The Hall–Kier alpha value is -2.90. The lowest BCUT2D eigenvalue weighted by atomic mass is 10.1. The van der Waals surface area contributed by atoms with E-state index in [2.05, 4.69) is 22.8 Å². The molecule has 0 spiro atoms. The monoisotopic (exact) mass is 426 g/mol. The van der Waals surface area contributed by atoms with Crippen molar-refractivity contribution in [2.75, 3.05) is 24.4 Å². The summed E-state index contributed by atoms with van der Waals surface area (Å²) in [6.07, 6.45) is 0.732. The van der Waals surface area contributed by atoms with E-state index in [0.717, 1.165) is 22.7 Å². The van der Waals surface area contributed by atoms with Crippen molar-refractivity contribution in [1.82, 2.24) is 0 Å². The second-order valence-corrected chi connectivity index (χ2v) is 7.69. The number of anilines is 2. The summed E-state index contributed by atoms with van der Waals surface area (Å²) in [7, 11) is 1.37. The number of esters is 1. The Morgan fingerprint density at radius 1 is 1.07 bits per heavy atom. The fourth-order valence-electron chi connectivity index (χ4n) is 2.75. The minimum atomic E-state index is -0.396. The normalized spacial score (nSPS) is 10.3. The van der Waals surface area contributed by atoms with Crippen molar-refractivity contribution in [3.8, 4) is 5.75 Å². The van der Waals surface area contributed by atoms with Crippen molar-refractivity contribution in [3.63, 3.8) is 0 Å². The molecule has 0 aliphatic carbocycles. The molecule has 0 bridgehead atoms. The van der Waals surface area contributed by atoms with E-state index in [-0.39, 0.29) is 0 Å². The molecule has 0 saturated carbocycles. The zero-order chi connectivity index (χ0) is 20.6. The maximum Gasteiger partial charge on any atom is 0.340 e. The van der Waals surface area contributed by atoms with Gasteiger partial charge in [-0.25, -0.2) is 4.79 Å². The first-order valence-corrected chi connectivity index (χ1v) is 10.4. The zero-order valence-corrected chi connectivity index (χ0v) is 17.9. The summed E-state index contributed by atoms with van der Waals surface area (Å²) in [4.78, 5) is 13.3. The molecule has 0 amide bonds. The molecular formula is C22H22N2O3S2. The highest BCUT2D eigenvalue weighted by atomic mass is 32.1. The summed E-state index contributed by atoms with van der Waals surface area (Å²) < 4.78 is 10.4. The van der Waals surface area contributed by atoms with Crippen LogP contribution in [0.3, 0.4) is 0 Å². The number of carbonyl (C=O) groups excluding carboxylic acids is 1. The molecule has 5 nitrogen and oxygen atoms in total. The number of carbonyl (C=O) groups is 1. The van der Waals surface area contributed by atoms with E-state index in [9.17, 15) is 4.79 Å². The van der Waals surface area contributed by atoms with Gasteiger partial charge in [-0.1, -0.05) is 30.3 Å². The Morgan fingerprint density at radius 2 is 1.79 bits per heavy atom. The third kappa shape index (κ3) is 5.79. The number of hydrogen-bond donors (Lipinski definition) is 2. The van der Waals surface area contributed by atoms with Crippen LogP contribution in [0.1, 0.15) is 27.7 Å². The SMILES string of the molecule is CCOc1ccc(NC(=S)Nc2sc(Cc3ccccc3)cc2C(=O)OC)cc1. The van der Waals surface area contributed by atoms with Gasteiger partial charge >= 0.3 is 5.97 Å². The molecule has 1 heterocycles. The van der Waals surface area contributed by atoms with Gasteiger partial charge in [-0.3, -0.25) is 0 Å². The Balaban J connectivity index is 1.72. The lowest BCUT2D eigenvalue weighted by Gasteiger charge is -2.11. The van der Waals surface area contributed by atoms with E-state index in [4.69, 9.17) is 21.7 Å². The Labute approximate surface area is 179 Å². The molecule has 0 saturated heterocycles. The van der Waals surface area contributed by atoms with E-state index in [1.807, 2.05) is 55.5 Å². The van der Waals surface area contributed by atoms with Crippen LogP contribution in [-0.2, 0) is 11.2 Å². The maximum absolute atomic E-state index is 12.2. The minimum absolute atomic E-state index is 0.396. The summed E-state index contributed by atoms with van der Waals surface area (Å²) in [5.74, 6) is 0.403. The van der Waals surface area contributed by atoms with Crippen molar-refractivity contribution in [3.05, 3.63) is 76.7 Å². The summed E-state index contributed by atoms with van der Waals surface area (Å²) >= 11 is 6.91. The van der Waals surface area contributed by atoms with Gasteiger partial charge in [-0.2, -0.15) is 0 Å². The molecule has 150 valence electrons. The van der Waals surface area contributed by atoms with Crippen molar-refractivity contribution in [2.45, 2.75) is 13.3 Å². The highest BCUT2D eigenvalue weighted by Crippen LogP contribution is 2.31. The van der Waals surface area contributed by atoms with Crippen LogP contribution in [-0.4, -0.2) is 24.8 Å². The molecule has 0 unspecified atom stereocenters. The first-order chi connectivity index (χ1) is 14.1. The molecular weight excluding hydrogens is 404 g/mol. The zero-order valence-electron chi connectivity index (χ0n) is 16.2. The smallest absolute Gasteiger partial charge is 0.340 e. The number of benzene rings is 2. The van der Waals surface area contributed by atoms with Crippen LogP contribution in [0.15, 0.2) is 60.7 Å². The van der Waals surface area contributed by atoms with Gasteiger partial charge in [-0.15, -0.1) is 11.3 Å². The van der Waals surface area contributed by atoms with Crippen LogP contribution >= 0.6 is 23.6 Å². The molecule has 3 aromatic rings. The maximum atomic E-state index is 12.2. The number of hydrogen-bond acceptors (Lipinski definition) is 5. The van der Waals surface area contributed by atoms with Crippen LogP contribution < -0.4 is 15.4 Å². The molecule has 0 fully saturated rings. The van der Waals surface area contributed by atoms with Crippen molar-refractivity contribution in [1.29, 1.82) is 0 Å². The van der Waals surface area contributed by atoms with Crippen LogP contribution in [0.2, 0.25) is 0 Å². The first-order valence-electron chi connectivity index (χ1n) is 9.15. The van der Waals surface area contributed by atoms with Gasteiger partial charge in [0.15, 0.2) is 5.11 Å². The van der Waals surface area contributed by atoms with E-state index >= 15 is 0 Å². The van der Waals surface area contributed by atoms with E-state index in [1.54, 1.807) is 0 Å². The summed E-state index contributed by atoms with van der Waals surface area (Å²) in [6.45, 7) is 2.56. The number of ether oxygens (including phenoxy) is 2. The van der Waals surface area contributed by atoms with Crippen LogP contribution in [0.25, 0.3) is 0 Å². The number of methoxy groups -OCH3 is 1. The third-order valence-corrected chi connectivity index (χ3v) is 5.31. The van der Waals surface area contributed by atoms with Crippen molar-refractivity contribution < 1.29 is 14.3 Å². The van der Waals surface area contributed by atoms with Gasteiger partial charge in [0.1, 0.15) is 10.8 Å². The average Bonchev–Trinajstić information content (AvgIpc) is 3.11. The third-order valence-electron chi connectivity index (χ3n) is 4.06. The van der Waals surface area contributed by atoms with Crippen LogP contribution in [0.5, 0.6) is 5.75 Å². The molecule has 0 atom stereocenters. The van der Waals surface area contributed by atoms with E-state index in [1.165, 1.54) is 24.0 Å². The fraction of sp³-hybridized carbons (Fsp3) is 0.182. The Bertz CT molecular complexity index is 969. The van der Waals surface area contributed by atoms with Gasteiger partial charge in [0.05, 0.1) is 19.3 Å². The topological polar surface area (TPSA) is 59.6 Å². The standard InChI is InChI=1S/C22H22N2O3S2/c1-3-27-17-11-9-16(10-12-17)23-22(28)24-20-19(21(25)26-2)14-18(29-20)13-15-7-5-4-6-8-15/h4-12,14H,3,13H2,1-2H3,(H2,23,24,28). The molecule has 29 heavy (non-hydrogen) atoms. The van der Waals surface area contributed by atoms with E-state index < -0.39 is 5.97 Å². The average molecular weight is 427 g/mol. The predicted molar refractivity (Wildman–Crippen MR) is 122 cm³/mol. The van der Waals surface area contributed by atoms with Gasteiger partial charge in [0, 0.05) is 17.0 Å². The van der Waals surface area contributed by atoms with Crippen molar-refractivity contribution in [2.24, 2.45) is 0 Å². The molecule has 0 radical (unpaired) electrons. The van der Waals surface area contributed by atoms with Crippen LogP contribution in [0.4, 0.5) is 10.7 Å². The number of rotatable bonds is 7. The molecule has 3 rings (SSSR count). The lowest BCUT2D eigenvalue weighted by Crippen LogP contribution is -2.19. The second kappa shape index (κ2) is 10.0. The summed E-state index contributed by atoms with van der Waals surface area (Å²) in [5.41, 5.74) is 2.47. The minimum Gasteiger partial charge on any atom is -0.494 e. The Kier molecular flexibility index (Phi) is 7.21. The van der Waals surface area contributed by atoms with Gasteiger partial charge < -0.3 is 20.1 Å². The highest BCUT2D eigenvalue weighted by Gasteiger charge is 2.18. The van der Waals surface area contributed by atoms with E-state index in [0.29, 0.717) is 22.3 Å². The second-order valence-electron chi connectivity index (χ2n) is 6.15. The molecule has 2 aromatic carbocycles. The largest absolute Gasteiger partial charge is 0.494 e. The van der Waals surface area contributed by atoms with Gasteiger partial charge in [0.25, 0.3) is 0 Å². The summed E-state index contributed by atoms with van der Waals surface area (Å²) in [5, 5.41) is 7.30. The molecule has 2 N–H and O–H groups in total. The molecule has 7 heteroatoms. The fourth-order valence-corrected chi connectivity index (χ4v) is 4.11. The van der Waals surface area contributed by atoms with Crippen LogP contribution in [0, 0.1) is 0 Å². The highest BCUT2D eigenvalue weighted by molar-refractivity contribution is 7.80. The van der Waals surface area contributed by atoms with Gasteiger partial charge in [-0.05, 0) is 55.0 Å². The summed E-state index contributed by atoms with van der Waals surface area (Å²) in [6, 6.07) is 19.5. The number of nitrogens with one attached hydrogen (secondary N) is 2. The quantitative estimate of drug-likeness (QED) is 0.393. The molecule has 1 aromatic heterocycles. The number of thiophene rings is 1. The van der Waals surface area contributed by atoms with Gasteiger partial charge in [0.2, 0.25) is 0 Å². The predicted octanol–water partition coefficient (Wildman–Crippen LogP) is 5.33. The first kappa shape index (κ1) is 20.8. The number of thiocarbonyl (C=S) groups is 1. The lowest BCUT2D eigenvalue weighted by molar-refractivity contribution is 0.0602. The Morgan fingerprint density at radius 3 is 2.45 bits per heavy atom. The molecule has 0 aliphatic heterocycles. The van der Waals surface area contributed by atoms with Crippen molar-refractivity contribution >= 4 is 45.3 Å².